The van der Waals surface area contributed by atoms with Crippen LogP contribution in [0.4, 0.5) is 0 Å². The number of hydrogen-bond acceptors (Lipinski definition) is 2. The summed E-state index contributed by atoms with van der Waals surface area (Å²) in [5.74, 6) is 0.874. The lowest BCUT2D eigenvalue weighted by Crippen LogP contribution is -1.94. The molecule has 3 heteroatoms. The first-order valence-corrected chi connectivity index (χ1v) is 5.99. The number of aromatic nitrogens is 2. The van der Waals surface area contributed by atoms with Gasteiger partial charge in [-0.05, 0) is 32.0 Å². The Balaban J connectivity index is 2.53. The highest BCUT2D eigenvalue weighted by molar-refractivity contribution is 6.09. The number of fused-ring (bicyclic) bond motifs is 3. The molecule has 91 valence electrons. The standard InChI is InChI=1S/C15H15N2O/c1-4-17-14-9-11(18-3)5-6-12(14)13-7-8-16-10(2)15(13)17/h4-9H,1-3H3. The van der Waals surface area contributed by atoms with Gasteiger partial charge in [-0.15, -0.1) is 0 Å². The molecule has 0 aliphatic carbocycles. The Kier molecular flexibility index (Phi) is 2.47. The summed E-state index contributed by atoms with van der Waals surface area (Å²) in [7, 11) is 1.69. The third-order valence-electron chi connectivity index (χ3n) is 3.36. The maximum Gasteiger partial charge on any atom is 0.120 e. The lowest BCUT2D eigenvalue weighted by molar-refractivity contribution is 0.415. The van der Waals surface area contributed by atoms with E-state index in [0.29, 0.717) is 0 Å². The Hall–Kier alpha value is -2.03. The van der Waals surface area contributed by atoms with Gasteiger partial charge in [0, 0.05) is 23.0 Å². The Bertz CT molecular complexity index is 728. The zero-order chi connectivity index (χ0) is 12.7. The predicted molar refractivity (Wildman–Crippen MR) is 73.9 cm³/mol. The van der Waals surface area contributed by atoms with Crippen molar-refractivity contribution in [2.75, 3.05) is 7.11 Å². The van der Waals surface area contributed by atoms with Crippen molar-refractivity contribution < 1.29 is 4.74 Å². The molecule has 0 aliphatic rings. The summed E-state index contributed by atoms with van der Waals surface area (Å²) >= 11 is 0. The van der Waals surface area contributed by atoms with Crippen LogP contribution in [0.2, 0.25) is 0 Å². The fraction of sp³-hybridized carbons (Fsp3) is 0.200. The van der Waals surface area contributed by atoms with Crippen LogP contribution in [0.25, 0.3) is 21.8 Å². The number of rotatable bonds is 2. The molecule has 0 bridgehead atoms. The van der Waals surface area contributed by atoms with Crippen LogP contribution in [0.5, 0.6) is 5.75 Å². The number of nitrogens with zero attached hydrogens (tertiary/aromatic N) is 2. The Morgan fingerprint density at radius 1 is 1.22 bits per heavy atom. The van der Waals surface area contributed by atoms with E-state index >= 15 is 0 Å². The molecular formula is C15H15N2O. The van der Waals surface area contributed by atoms with Crippen LogP contribution in [-0.2, 0) is 0 Å². The second-order valence-corrected chi connectivity index (χ2v) is 4.30. The highest BCUT2D eigenvalue weighted by atomic mass is 16.5. The van der Waals surface area contributed by atoms with Gasteiger partial charge < -0.3 is 9.30 Å². The quantitative estimate of drug-likeness (QED) is 0.684. The van der Waals surface area contributed by atoms with Crippen molar-refractivity contribution in [2.24, 2.45) is 0 Å². The van der Waals surface area contributed by atoms with Gasteiger partial charge in [0.2, 0.25) is 0 Å². The van der Waals surface area contributed by atoms with Gasteiger partial charge in [0.05, 0.1) is 30.4 Å². The zero-order valence-electron chi connectivity index (χ0n) is 10.8. The van der Waals surface area contributed by atoms with Gasteiger partial charge in [0.1, 0.15) is 5.75 Å². The highest BCUT2D eigenvalue weighted by Gasteiger charge is 2.12. The van der Waals surface area contributed by atoms with E-state index in [1.165, 1.54) is 16.3 Å². The van der Waals surface area contributed by atoms with Crippen LogP contribution >= 0.6 is 0 Å². The van der Waals surface area contributed by atoms with Gasteiger partial charge in [-0.2, -0.15) is 0 Å². The van der Waals surface area contributed by atoms with E-state index in [9.17, 15) is 0 Å². The van der Waals surface area contributed by atoms with Crippen molar-refractivity contribution in [1.82, 2.24) is 9.55 Å². The molecule has 3 rings (SSSR count). The molecule has 0 aliphatic heterocycles. The smallest absolute Gasteiger partial charge is 0.120 e. The molecule has 0 amide bonds. The molecule has 0 saturated heterocycles. The number of aryl methyl sites for hydroxylation is 1. The number of ether oxygens (including phenoxy) is 1. The highest BCUT2D eigenvalue weighted by Crippen LogP contribution is 2.32. The monoisotopic (exact) mass is 239 g/mol. The van der Waals surface area contributed by atoms with Crippen LogP contribution in [0, 0.1) is 13.5 Å². The van der Waals surface area contributed by atoms with Crippen LogP contribution in [0.1, 0.15) is 12.6 Å². The molecule has 3 nitrogen and oxygen atoms in total. The average Bonchev–Trinajstić information content (AvgIpc) is 2.73. The maximum absolute atomic E-state index is 5.31. The summed E-state index contributed by atoms with van der Waals surface area (Å²) in [6.45, 7) is 6.14. The average molecular weight is 239 g/mol. The Labute approximate surface area is 106 Å². The largest absolute Gasteiger partial charge is 0.497 e. The molecule has 1 radical (unpaired) electrons. The maximum atomic E-state index is 5.31. The molecule has 2 aromatic heterocycles. The van der Waals surface area contributed by atoms with Gasteiger partial charge in [0.15, 0.2) is 0 Å². The summed E-state index contributed by atoms with van der Waals surface area (Å²) in [6.07, 6.45) is 1.86. The van der Waals surface area contributed by atoms with Crippen LogP contribution in [0.3, 0.4) is 0 Å². The van der Waals surface area contributed by atoms with Crippen molar-refractivity contribution in [1.29, 1.82) is 0 Å². The van der Waals surface area contributed by atoms with Crippen molar-refractivity contribution in [2.45, 2.75) is 13.8 Å². The molecule has 0 N–H and O–H groups in total. The minimum absolute atomic E-state index is 0.874. The Morgan fingerprint density at radius 3 is 2.78 bits per heavy atom. The second-order valence-electron chi connectivity index (χ2n) is 4.30. The summed E-state index contributed by atoms with van der Waals surface area (Å²) in [5.41, 5.74) is 3.37. The minimum atomic E-state index is 0.874. The van der Waals surface area contributed by atoms with Gasteiger partial charge in [-0.3, -0.25) is 4.98 Å². The fourth-order valence-electron chi connectivity index (χ4n) is 2.53. The molecule has 0 spiro atoms. The van der Waals surface area contributed by atoms with Crippen molar-refractivity contribution in [3.05, 3.63) is 42.7 Å². The van der Waals surface area contributed by atoms with E-state index in [-0.39, 0.29) is 0 Å². The van der Waals surface area contributed by atoms with Crippen molar-refractivity contribution >= 4 is 21.8 Å². The van der Waals surface area contributed by atoms with Crippen LogP contribution in [-0.4, -0.2) is 16.7 Å². The van der Waals surface area contributed by atoms with Gasteiger partial charge in [-0.25, -0.2) is 0 Å². The molecule has 2 heterocycles. The first-order chi connectivity index (χ1) is 8.76. The number of benzene rings is 1. The van der Waals surface area contributed by atoms with Gasteiger partial charge in [-0.1, -0.05) is 0 Å². The van der Waals surface area contributed by atoms with E-state index in [1.807, 2.05) is 26.1 Å². The van der Waals surface area contributed by atoms with Gasteiger partial charge >= 0.3 is 0 Å². The summed E-state index contributed by atoms with van der Waals surface area (Å²) in [6, 6.07) is 8.24. The zero-order valence-corrected chi connectivity index (χ0v) is 10.8. The number of pyridine rings is 1. The first kappa shape index (κ1) is 11.1. The second kappa shape index (κ2) is 4.02. The topological polar surface area (TPSA) is 27.1 Å². The summed E-state index contributed by atoms with van der Waals surface area (Å²) in [5, 5.41) is 2.47. The van der Waals surface area contributed by atoms with Crippen molar-refractivity contribution in [3.8, 4) is 5.75 Å². The number of hydrogen-bond donors (Lipinski definition) is 0. The molecule has 0 fully saturated rings. The SMILES string of the molecule is C[CH]n1c2cc(OC)ccc2c2ccnc(C)c21. The minimum Gasteiger partial charge on any atom is -0.497 e. The van der Waals surface area contributed by atoms with E-state index in [1.54, 1.807) is 7.11 Å². The summed E-state index contributed by atoms with van der Waals surface area (Å²) in [4.78, 5) is 4.38. The molecule has 3 aromatic rings. The lowest BCUT2D eigenvalue weighted by Gasteiger charge is -2.05. The molecule has 0 atom stereocenters. The fourth-order valence-corrected chi connectivity index (χ4v) is 2.53. The molecule has 18 heavy (non-hydrogen) atoms. The van der Waals surface area contributed by atoms with Crippen LogP contribution < -0.4 is 4.74 Å². The van der Waals surface area contributed by atoms with E-state index in [4.69, 9.17) is 4.74 Å². The van der Waals surface area contributed by atoms with Gasteiger partial charge in [0.25, 0.3) is 0 Å². The van der Waals surface area contributed by atoms with E-state index in [2.05, 4.69) is 34.3 Å². The molecule has 0 unspecified atom stereocenters. The molecule has 1 aromatic carbocycles. The lowest BCUT2D eigenvalue weighted by atomic mass is 10.1. The molecular weight excluding hydrogens is 224 g/mol. The molecule has 0 saturated carbocycles. The predicted octanol–water partition coefficient (Wildman–Crippen LogP) is 3.54. The third-order valence-corrected chi connectivity index (χ3v) is 3.36. The van der Waals surface area contributed by atoms with E-state index in [0.717, 1.165) is 17.0 Å². The Morgan fingerprint density at radius 2 is 2.06 bits per heavy atom. The van der Waals surface area contributed by atoms with Crippen molar-refractivity contribution in [3.63, 3.8) is 0 Å². The number of methoxy groups -OCH3 is 1. The van der Waals surface area contributed by atoms with E-state index < -0.39 is 0 Å². The normalized spacial score (nSPS) is 11.3. The summed E-state index contributed by atoms with van der Waals surface area (Å²) < 4.78 is 7.48. The third kappa shape index (κ3) is 1.40. The van der Waals surface area contributed by atoms with Crippen LogP contribution in [0.15, 0.2) is 30.5 Å². The first-order valence-electron chi connectivity index (χ1n) is 5.99.